The van der Waals surface area contributed by atoms with Crippen molar-refractivity contribution >= 4 is 29.9 Å². The van der Waals surface area contributed by atoms with Crippen molar-refractivity contribution in [3.05, 3.63) is 53.7 Å². The zero-order valence-corrected chi connectivity index (χ0v) is 18.9. The molecule has 1 aromatic heterocycles. The molecular weight excluding hydrogens is 471 g/mol. The van der Waals surface area contributed by atoms with Crippen LogP contribution in [-0.4, -0.2) is 44.9 Å². The van der Waals surface area contributed by atoms with Crippen LogP contribution in [0.5, 0.6) is 11.6 Å². The summed E-state index contributed by atoms with van der Waals surface area (Å²) in [6, 6.07) is 11.8. The molecule has 0 fully saturated rings. The summed E-state index contributed by atoms with van der Waals surface area (Å²) in [6.45, 7) is 4.90. The van der Waals surface area contributed by atoms with Gasteiger partial charge in [-0.15, -0.1) is 24.0 Å². The van der Waals surface area contributed by atoms with Gasteiger partial charge in [0.05, 0.1) is 20.3 Å². The van der Waals surface area contributed by atoms with E-state index in [4.69, 9.17) is 14.2 Å². The molecule has 0 amide bonds. The molecule has 7 nitrogen and oxygen atoms in total. The van der Waals surface area contributed by atoms with Crippen LogP contribution in [0.25, 0.3) is 0 Å². The quantitative estimate of drug-likeness (QED) is 0.226. The average Bonchev–Trinajstić information content (AvgIpc) is 2.71. The van der Waals surface area contributed by atoms with Gasteiger partial charge in [0.25, 0.3) is 0 Å². The second-order valence-corrected chi connectivity index (χ2v) is 5.71. The second-order valence-electron chi connectivity index (χ2n) is 5.71. The van der Waals surface area contributed by atoms with Crippen LogP contribution < -0.4 is 20.1 Å². The van der Waals surface area contributed by atoms with Crippen LogP contribution in [0.1, 0.15) is 18.1 Å². The Kier molecular flexibility index (Phi) is 12.0. The van der Waals surface area contributed by atoms with Gasteiger partial charge in [0.1, 0.15) is 12.4 Å². The lowest BCUT2D eigenvalue weighted by Gasteiger charge is -2.14. The molecule has 0 unspecified atom stereocenters. The van der Waals surface area contributed by atoms with Gasteiger partial charge in [-0.25, -0.2) is 9.98 Å². The van der Waals surface area contributed by atoms with Crippen LogP contribution in [0.15, 0.2) is 47.6 Å². The maximum atomic E-state index is 5.67. The Morgan fingerprint density at radius 3 is 2.71 bits per heavy atom. The fourth-order valence-corrected chi connectivity index (χ4v) is 2.37. The predicted molar refractivity (Wildman–Crippen MR) is 122 cm³/mol. The number of halogens is 1. The second kappa shape index (κ2) is 14.0. The highest BCUT2D eigenvalue weighted by Crippen LogP contribution is 2.14. The SMILES string of the molecule is CCNC(=NCc1cccc(OC)c1)NCc1cccnc1OCCOC.I. The van der Waals surface area contributed by atoms with Crippen molar-refractivity contribution < 1.29 is 14.2 Å². The van der Waals surface area contributed by atoms with Gasteiger partial charge >= 0.3 is 0 Å². The minimum Gasteiger partial charge on any atom is -0.497 e. The molecule has 0 radical (unpaired) electrons. The van der Waals surface area contributed by atoms with E-state index in [1.165, 1.54) is 0 Å². The Labute approximate surface area is 183 Å². The number of ether oxygens (including phenoxy) is 3. The molecule has 0 aliphatic carbocycles. The van der Waals surface area contributed by atoms with Crippen LogP contribution in [0, 0.1) is 0 Å². The number of nitrogens with zero attached hydrogens (tertiary/aromatic N) is 2. The molecule has 154 valence electrons. The van der Waals surface area contributed by atoms with E-state index in [1.54, 1.807) is 20.4 Å². The summed E-state index contributed by atoms with van der Waals surface area (Å²) in [5, 5.41) is 6.57. The maximum absolute atomic E-state index is 5.67. The largest absolute Gasteiger partial charge is 0.497 e. The van der Waals surface area contributed by atoms with E-state index in [1.807, 2.05) is 43.3 Å². The van der Waals surface area contributed by atoms with Crippen LogP contribution in [0.2, 0.25) is 0 Å². The van der Waals surface area contributed by atoms with Crippen LogP contribution in [0.3, 0.4) is 0 Å². The number of rotatable bonds is 10. The van der Waals surface area contributed by atoms with Gasteiger partial charge in [-0.2, -0.15) is 0 Å². The number of pyridine rings is 1. The molecule has 2 N–H and O–H groups in total. The van der Waals surface area contributed by atoms with Crippen LogP contribution >= 0.6 is 24.0 Å². The molecule has 2 aromatic rings. The number of hydrogen-bond donors (Lipinski definition) is 2. The molecule has 0 bridgehead atoms. The molecule has 2 rings (SSSR count). The van der Waals surface area contributed by atoms with Crippen molar-refractivity contribution in [3.8, 4) is 11.6 Å². The van der Waals surface area contributed by atoms with Gasteiger partial charge in [-0.1, -0.05) is 18.2 Å². The molecule has 28 heavy (non-hydrogen) atoms. The monoisotopic (exact) mass is 500 g/mol. The van der Waals surface area contributed by atoms with Gasteiger partial charge in [-0.05, 0) is 30.7 Å². The number of hydrogen-bond acceptors (Lipinski definition) is 5. The molecule has 0 saturated heterocycles. The Bertz CT molecular complexity index is 728. The molecule has 8 heteroatoms. The van der Waals surface area contributed by atoms with Gasteiger partial charge in [0, 0.05) is 32.0 Å². The number of nitrogens with one attached hydrogen (secondary N) is 2. The zero-order valence-electron chi connectivity index (χ0n) is 16.6. The van der Waals surface area contributed by atoms with Crippen LogP contribution in [-0.2, 0) is 17.8 Å². The number of aromatic nitrogens is 1. The van der Waals surface area contributed by atoms with Gasteiger partial charge in [0.15, 0.2) is 5.96 Å². The molecule has 0 spiro atoms. The Hall–Kier alpha value is -2.07. The highest BCUT2D eigenvalue weighted by Gasteiger charge is 2.06. The van der Waals surface area contributed by atoms with Crippen molar-refractivity contribution in [2.45, 2.75) is 20.0 Å². The Balaban J connectivity index is 0.00000392. The summed E-state index contributed by atoms with van der Waals surface area (Å²) in [7, 11) is 3.31. The van der Waals surface area contributed by atoms with Gasteiger partial charge in [-0.3, -0.25) is 0 Å². The van der Waals surface area contributed by atoms with E-state index < -0.39 is 0 Å². The minimum atomic E-state index is 0. The first-order valence-corrected chi connectivity index (χ1v) is 8.97. The molecule has 0 aliphatic heterocycles. The van der Waals surface area contributed by atoms with Crippen molar-refractivity contribution in [3.63, 3.8) is 0 Å². The van der Waals surface area contributed by atoms with E-state index in [-0.39, 0.29) is 24.0 Å². The van der Waals surface area contributed by atoms with Crippen molar-refractivity contribution in [2.24, 2.45) is 4.99 Å². The first-order valence-electron chi connectivity index (χ1n) is 8.97. The Morgan fingerprint density at radius 2 is 1.96 bits per heavy atom. The number of benzene rings is 1. The van der Waals surface area contributed by atoms with Gasteiger partial charge in [0.2, 0.25) is 5.88 Å². The third-order valence-corrected chi connectivity index (χ3v) is 3.72. The number of aliphatic imine (C=N–C) groups is 1. The van der Waals surface area contributed by atoms with E-state index in [0.717, 1.165) is 29.4 Å². The van der Waals surface area contributed by atoms with E-state index >= 15 is 0 Å². The molecule has 0 aliphatic rings. The van der Waals surface area contributed by atoms with E-state index in [0.29, 0.717) is 32.2 Å². The molecule has 0 atom stereocenters. The maximum Gasteiger partial charge on any atom is 0.218 e. The summed E-state index contributed by atoms with van der Waals surface area (Å²) < 4.78 is 16.0. The summed E-state index contributed by atoms with van der Waals surface area (Å²) in [4.78, 5) is 8.93. The molecule has 0 saturated carbocycles. The van der Waals surface area contributed by atoms with Crippen LogP contribution in [0.4, 0.5) is 0 Å². The smallest absolute Gasteiger partial charge is 0.218 e. The zero-order chi connectivity index (χ0) is 19.3. The fraction of sp³-hybridized carbons (Fsp3) is 0.400. The Morgan fingerprint density at radius 1 is 1.11 bits per heavy atom. The third-order valence-electron chi connectivity index (χ3n) is 3.72. The topological polar surface area (TPSA) is 77.0 Å². The average molecular weight is 500 g/mol. The number of guanidine groups is 1. The lowest BCUT2D eigenvalue weighted by Crippen LogP contribution is -2.36. The van der Waals surface area contributed by atoms with E-state index in [9.17, 15) is 0 Å². The first kappa shape index (κ1) is 24.0. The summed E-state index contributed by atoms with van der Waals surface area (Å²) in [6.07, 6.45) is 1.72. The third kappa shape index (κ3) is 8.30. The molecule has 1 aromatic carbocycles. The lowest BCUT2D eigenvalue weighted by molar-refractivity contribution is 0.143. The first-order chi connectivity index (χ1) is 13.3. The van der Waals surface area contributed by atoms with Gasteiger partial charge < -0.3 is 24.8 Å². The summed E-state index contributed by atoms with van der Waals surface area (Å²) >= 11 is 0. The summed E-state index contributed by atoms with van der Waals surface area (Å²) in [5.41, 5.74) is 2.04. The predicted octanol–water partition coefficient (Wildman–Crippen LogP) is 2.99. The molecule has 1 heterocycles. The van der Waals surface area contributed by atoms with Crippen molar-refractivity contribution in [1.82, 2.24) is 15.6 Å². The number of methoxy groups -OCH3 is 2. The highest BCUT2D eigenvalue weighted by molar-refractivity contribution is 14.0. The standard InChI is InChI=1S/C20H28N4O3.HI/c1-4-21-20(23-14-16-7-5-9-18(13-16)26-3)24-15-17-8-6-10-22-19(17)27-12-11-25-2;/h5-10,13H,4,11-12,14-15H2,1-3H3,(H2,21,23,24);1H. The van der Waals surface area contributed by atoms with Crippen molar-refractivity contribution in [1.29, 1.82) is 0 Å². The lowest BCUT2D eigenvalue weighted by atomic mass is 10.2. The highest BCUT2D eigenvalue weighted by atomic mass is 127. The normalized spacial score (nSPS) is 10.8. The fourth-order valence-electron chi connectivity index (χ4n) is 2.37. The van der Waals surface area contributed by atoms with E-state index in [2.05, 4.69) is 20.6 Å². The summed E-state index contributed by atoms with van der Waals surface area (Å²) in [5.74, 6) is 2.16. The molecular formula is C20H29IN4O3. The van der Waals surface area contributed by atoms with Crippen molar-refractivity contribution in [2.75, 3.05) is 34.0 Å². The minimum absolute atomic E-state index is 0.